The summed E-state index contributed by atoms with van der Waals surface area (Å²) in [5.41, 5.74) is 5.70. The van der Waals surface area contributed by atoms with E-state index in [0.717, 1.165) is 0 Å². The summed E-state index contributed by atoms with van der Waals surface area (Å²) in [7, 11) is 0. The lowest BCUT2D eigenvalue weighted by atomic mass is 9.98. The predicted octanol–water partition coefficient (Wildman–Crippen LogP) is 6.35. The molecule has 0 aliphatic carbocycles. The molecular weight excluding hydrogens is 278 g/mol. The van der Waals surface area contributed by atoms with Crippen molar-refractivity contribution in [2.75, 3.05) is 0 Å². The summed E-state index contributed by atoms with van der Waals surface area (Å²) in [5, 5.41) is 3.82. The maximum atomic E-state index is 3.82. The Morgan fingerprint density at radius 3 is 1.35 bits per heavy atom. The van der Waals surface area contributed by atoms with Gasteiger partial charge >= 0.3 is 0 Å². The number of rotatable bonds is 4. The summed E-state index contributed by atoms with van der Waals surface area (Å²) in [5.74, 6) is 1.21. The summed E-state index contributed by atoms with van der Waals surface area (Å²) in [6.45, 7) is 9.00. The monoisotopic (exact) mass is 309 g/mol. The van der Waals surface area contributed by atoms with E-state index in [1.807, 2.05) is 0 Å². The minimum atomic E-state index is 0. The van der Waals surface area contributed by atoms with Crippen LogP contribution in [0, 0.1) is 0 Å². The third kappa shape index (κ3) is 3.67. The highest BCUT2D eigenvalue weighted by atomic mass is 15.0. The van der Waals surface area contributed by atoms with Crippen LogP contribution in [-0.2, 0) is 0 Å². The number of hydrogen-bond donors (Lipinski definition) is 1. The molecule has 1 saturated heterocycles. The molecule has 2 atom stereocenters. The summed E-state index contributed by atoms with van der Waals surface area (Å²) in [6.07, 6.45) is 2.44. The zero-order valence-electron chi connectivity index (χ0n) is 14.8. The van der Waals surface area contributed by atoms with Gasteiger partial charge in [-0.1, -0.05) is 76.2 Å². The molecule has 1 nitrogen and oxygen atoms in total. The highest BCUT2D eigenvalue weighted by Gasteiger charge is 2.25. The maximum absolute atomic E-state index is 3.82. The van der Waals surface area contributed by atoms with Gasteiger partial charge in [-0.3, -0.25) is 0 Å². The molecule has 1 N–H and O–H groups in total. The van der Waals surface area contributed by atoms with Gasteiger partial charge in [-0.25, -0.2) is 0 Å². The third-order valence-corrected chi connectivity index (χ3v) is 5.16. The molecule has 0 bridgehead atoms. The summed E-state index contributed by atoms with van der Waals surface area (Å²) in [4.78, 5) is 0. The standard InChI is InChI=1S/C22H29N.H2/c1-15(2)17-5-9-19(10-6-17)21-13-14-22(23-21)20-11-7-18(8-12-20)16(3)4;/h5-12,15-16,21-23H,13-14H2,1-4H3;1H. The molecule has 2 aromatic carbocycles. The van der Waals surface area contributed by atoms with Crippen LogP contribution in [0.3, 0.4) is 0 Å². The Balaban J connectivity index is 0.00000208. The van der Waals surface area contributed by atoms with Crippen molar-refractivity contribution in [1.82, 2.24) is 5.32 Å². The number of nitrogens with one attached hydrogen (secondary N) is 1. The molecule has 0 amide bonds. The van der Waals surface area contributed by atoms with Crippen molar-refractivity contribution in [3.05, 3.63) is 70.8 Å². The Morgan fingerprint density at radius 2 is 1.04 bits per heavy atom. The van der Waals surface area contributed by atoms with Crippen molar-refractivity contribution in [1.29, 1.82) is 0 Å². The van der Waals surface area contributed by atoms with Crippen LogP contribution in [0.2, 0.25) is 0 Å². The molecule has 1 aliphatic heterocycles. The lowest BCUT2D eigenvalue weighted by Crippen LogP contribution is -2.17. The number of benzene rings is 2. The van der Waals surface area contributed by atoms with Crippen molar-refractivity contribution in [2.45, 2.75) is 64.5 Å². The lowest BCUT2D eigenvalue weighted by molar-refractivity contribution is 0.574. The molecule has 1 fully saturated rings. The quantitative estimate of drug-likeness (QED) is 0.694. The third-order valence-electron chi connectivity index (χ3n) is 5.16. The Morgan fingerprint density at radius 1 is 0.696 bits per heavy atom. The van der Waals surface area contributed by atoms with Gasteiger partial charge in [-0.2, -0.15) is 0 Å². The van der Waals surface area contributed by atoms with E-state index < -0.39 is 0 Å². The normalized spacial score (nSPS) is 21.3. The van der Waals surface area contributed by atoms with Gasteiger partial charge in [0, 0.05) is 13.5 Å². The molecular formula is C22H31N. The molecule has 124 valence electrons. The highest BCUT2D eigenvalue weighted by molar-refractivity contribution is 5.31. The summed E-state index contributed by atoms with van der Waals surface area (Å²) >= 11 is 0. The van der Waals surface area contributed by atoms with Gasteiger partial charge in [0.25, 0.3) is 0 Å². The largest absolute Gasteiger partial charge is 0.303 e. The minimum absolute atomic E-state index is 0. The van der Waals surface area contributed by atoms with E-state index in [0.29, 0.717) is 23.9 Å². The van der Waals surface area contributed by atoms with Crippen molar-refractivity contribution < 1.29 is 1.43 Å². The van der Waals surface area contributed by atoms with Crippen LogP contribution in [0.1, 0.15) is 88.1 Å². The smallest absolute Gasteiger partial charge is 0.0326 e. The first-order valence-electron chi connectivity index (χ1n) is 9.00. The average Bonchev–Trinajstić information content (AvgIpc) is 3.05. The Labute approximate surface area is 142 Å². The second-order valence-corrected chi connectivity index (χ2v) is 7.49. The molecule has 0 radical (unpaired) electrons. The molecule has 1 aliphatic rings. The van der Waals surface area contributed by atoms with Crippen LogP contribution in [0.15, 0.2) is 48.5 Å². The zero-order valence-corrected chi connectivity index (χ0v) is 14.8. The van der Waals surface area contributed by atoms with Crippen LogP contribution >= 0.6 is 0 Å². The summed E-state index contributed by atoms with van der Waals surface area (Å²) in [6, 6.07) is 19.3. The predicted molar refractivity (Wildman–Crippen MR) is 101 cm³/mol. The Kier molecular flexibility index (Phi) is 4.87. The van der Waals surface area contributed by atoms with Gasteiger partial charge in [-0.05, 0) is 46.9 Å². The Bertz CT molecular complexity index is 571. The van der Waals surface area contributed by atoms with Crippen LogP contribution < -0.4 is 5.32 Å². The van der Waals surface area contributed by atoms with Crippen molar-refractivity contribution >= 4 is 0 Å². The maximum Gasteiger partial charge on any atom is 0.0326 e. The van der Waals surface area contributed by atoms with E-state index >= 15 is 0 Å². The fourth-order valence-electron chi connectivity index (χ4n) is 3.50. The summed E-state index contributed by atoms with van der Waals surface area (Å²) < 4.78 is 0. The Hall–Kier alpha value is -1.60. The van der Waals surface area contributed by atoms with E-state index in [1.165, 1.54) is 35.1 Å². The SMILES string of the molecule is CC(C)c1ccc(C2CCC(c3ccc(C(C)C)cc3)N2)cc1.[HH]. The fraction of sp³-hybridized carbons (Fsp3) is 0.455. The van der Waals surface area contributed by atoms with Gasteiger partial charge in [0.15, 0.2) is 0 Å². The highest BCUT2D eigenvalue weighted by Crippen LogP contribution is 2.35. The van der Waals surface area contributed by atoms with Crippen molar-refractivity contribution in [3.63, 3.8) is 0 Å². The van der Waals surface area contributed by atoms with E-state index in [1.54, 1.807) is 0 Å². The first kappa shape index (κ1) is 16.3. The second kappa shape index (κ2) is 6.88. The van der Waals surface area contributed by atoms with Crippen molar-refractivity contribution in [2.24, 2.45) is 0 Å². The van der Waals surface area contributed by atoms with Crippen molar-refractivity contribution in [3.8, 4) is 0 Å². The second-order valence-electron chi connectivity index (χ2n) is 7.49. The van der Waals surface area contributed by atoms with E-state index in [-0.39, 0.29) is 1.43 Å². The topological polar surface area (TPSA) is 12.0 Å². The van der Waals surface area contributed by atoms with Crippen LogP contribution in [0.4, 0.5) is 0 Å². The lowest BCUT2D eigenvalue weighted by Gasteiger charge is -2.17. The van der Waals surface area contributed by atoms with Crippen LogP contribution in [0.25, 0.3) is 0 Å². The molecule has 0 saturated carbocycles. The van der Waals surface area contributed by atoms with Gasteiger partial charge < -0.3 is 5.32 Å². The molecule has 2 unspecified atom stereocenters. The fourth-order valence-corrected chi connectivity index (χ4v) is 3.50. The van der Waals surface area contributed by atoms with Crippen LogP contribution in [-0.4, -0.2) is 0 Å². The van der Waals surface area contributed by atoms with Gasteiger partial charge in [-0.15, -0.1) is 0 Å². The minimum Gasteiger partial charge on any atom is -0.303 e. The number of hydrogen-bond acceptors (Lipinski definition) is 1. The van der Waals surface area contributed by atoms with Gasteiger partial charge in [0.05, 0.1) is 0 Å². The first-order valence-corrected chi connectivity index (χ1v) is 9.00. The molecule has 1 heterocycles. The van der Waals surface area contributed by atoms with Gasteiger partial charge in [0.2, 0.25) is 0 Å². The molecule has 0 spiro atoms. The first-order chi connectivity index (χ1) is 11.0. The van der Waals surface area contributed by atoms with E-state index in [2.05, 4.69) is 81.5 Å². The molecule has 0 aromatic heterocycles. The van der Waals surface area contributed by atoms with E-state index in [4.69, 9.17) is 0 Å². The molecule has 2 aromatic rings. The van der Waals surface area contributed by atoms with Gasteiger partial charge in [0.1, 0.15) is 0 Å². The van der Waals surface area contributed by atoms with Crippen LogP contribution in [0.5, 0.6) is 0 Å². The molecule has 23 heavy (non-hydrogen) atoms. The average molecular weight is 309 g/mol. The zero-order chi connectivity index (χ0) is 16.4. The molecule has 1 heteroatoms. The van der Waals surface area contributed by atoms with E-state index in [9.17, 15) is 0 Å². The molecule has 3 rings (SSSR count).